The van der Waals surface area contributed by atoms with Crippen molar-refractivity contribution in [2.75, 3.05) is 6.54 Å². The Kier molecular flexibility index (Phi) is 2.46. The summed E-state index contributed by atoms with van der Waals surface area (Å²) in [5, 5.41) is 0.850. The summed E-state index contributed by atoms with van der Waals surface area (Å²) in [6.45, 7) is 0.551. The summed E-state index contributed by atoms with van der Waals surface area (Å²) in [6, 6.07) is 5.20. The van der Waals surface area contributed by atoms with Crippen molar-refractivity contribution in [1.29, 1.82) is 0 Å². The van der Waals surface area contributed by atoms with Crippen LogP contribution in [0.2, 0.25) is 10.2 Å². The van der Waals surface area contributed by atoms with Crippen LogP contribution in [0, 0.1) is 0 Å². The molecule has 2 aliphatic rings. The molecular weight excluding hydrogens is 297 g/mol. The first-order chi connectivity index (χ1) is 9.68. The molecule has 20 heavy (non-hydrogen) atoms. The third-order valence-corrected chi connectivity index (χ3v) is 4.33. The average molecular weight is 306 g/mol. The number of hydrogen-bond donors (Lipinski definition) is 0. The van der Waals surface area contributed by atoms with E-state index in [1.165, 1.54) is 0 Å². The fourth-order valence-electron chi connectivity index (χ4n) is 2.83. The van der Waals surface area contributed by atoms with Gasteiger partial charge in [0.15, 0.2) is 5.15 Å². The molecule has 4 rings (SSSR count). The lowest BCUT2D eigenvalue weighted by Gasteiger charge is -2.22. The third kappa shape index (κ3) is 1.43. The standard InChI is InChI=1S/C14H9Cl2N3O/c15-8-3-1-4-9-11(8)14(20)18-6-2-5-10(18)12-13(16)17-7-19(9)12/h1-5,7,10H,6H2/t10-/m1/s1. The Morgan fingerprint density at radius 1 is 1.30 bits per heavy atom. The number of rotatable bonds is 0. The van der Waals surface area contributed by atoms with Crippen molar-refractivity contribution in [2.45, 2.75) is 6.04 Å². The van der Waals surface area contributed by atoms with E-state index in [1.807, 2.05) is 28.9 Å². The Hall–Kier alpha value is -1.78. The van der Waals surface area contributed by atoms with E-state index >= 15 is 0 Å². The van der Waals surface area contributed by atoms with Crippen molar-refractivity contribution in [3.63, 3.8) is 0 Å². The van der Waals surface area contributed by atoms with Gasteiger partial charge < -0.3 is 4.90 Å². The van der Waals surface area contributed by atoms with Crippen molar-refractivity contribution < 1.29 is 4.79 Å². The molecule has 0 bridgehead atoms. The van der Waals surface area contributed by atoms with Crippen LogP contribution < -0.4 is 0 Å². The number of hydrogen-bond acceptors (Lipinski definition) is 2. The van der Waals surface area contributed by atoms with Gasteiger partial charge in [-0.15, -0.1) is 0 Å². The minimum absolute atomic E-state index is 0.0830. The quantitative estimate of drug-likeness (QED) is 0.701. The highest BCUT2D eigenvalue weighted by atomic mass is 35.5. The van der Waals surface area contributed by atoms with E-state index in [0.717, 1.165) is 11.4 Å². The van der Waals surface area contributed by atoms with Gasteiger partial charge >= 0.3 is 0 Å². The lowest BCUT2D eigenvalue weighted by molar-refractivity contribution is 0.0752. The van der Waals surface area contributed by atoms with Crippen LogP contribution in [0.1, 0.15) is 22.1 Å². The zero-order valence-electron chi connectivity index (χ0n) is 10.3. The Labute approximate surface area is 125 Å². The Balaban J connectivity index is 2.10. The topological polar surface area (TPSA) is 38.1 Å². The lowest BCUT2D eigenvalue weighted by atomic mass is 10.1. The molecule has 0 saturated heterocycles. The van der Waals surface area contributed by atoms with Gasteiger partial charge in [-0.05, 0) is 12.1 Å². The SMILES string of the molecule is O=C1c2c(Cl)cccc2-n2cnc(Cl)c2[C@H]2C=CCN12. The van der Waals surface area contributed by atoms with E-state index in [2.05, 4.69) is 4.98 Å². The van der Waals surface area contributed by atoms with Crippen LogP contribution in [0.25, 0.3) is 5.69 Å². The normalized spacial score (nSPS) is 19.6. The first kappa shape index (κ1) is 12.0. The summed E-state index contributed by atoms with van der Waals surface area (Å²) in [5.74, 6) is -0.0830. The Morgan fingerprint density at radius 2 is 2.15 bits per heavy atom. The molecule has 0 saturated carbocycles. The van der Waals surface area contributed by atoms with Crippen LogP contribution in [-0.4, -0.2) is 26.9 Å². The van der Waals surface area contributed by atoms with E-state index in [0.29, 0.717) is 22.3 Å². The molecule has 0 aliphatic carbocycles. The largest absolute Gasteiger partial charge is 0.323 e. The van der Waals surface area contributed by atoms with Gasteiger partial charge in [-0.3, -0.25) is 9.36 Å². The minimum Gasteiger partial charge on any atom is -0.323 e. The van der Waals surface area contributed by atoms with Gasteiger partial charge in [-0.25, -0.2) is 4.98 Å². The average Bonchev–Trinajstić information content (AvgIpc) is 3.01. The number of aromatic nitrogens is 2. The molecule has 1 atom stereocenters. The number of halogens is 2. The molecule has 2 aliphatic heterocycles. The highest BCUT2D eigenvalue weighted by molar-refractivity contribution is 6.34. The zero-order chi connectivity index (χ0) is 13.9. The summed E-state index contributed by atoms with van der Waals surface area (Å²) in [6.07, 6.45) is 5.56. The van der Waals surface area contributed by atoms with E-state index in [1.54, 1.807) is 17.3 Å². The molecular formula is C14H9Cl2N3O. The van der Waals surface area contributed by atoms with Gasteiger partial charge in [0.25, 0.3) is 5.91 Å². The molecule has 100 valence electrons. The van der Waals surface area contributed by atoms with Crippen molar-refractivity contribution in [1.82, 2.24) is 14.5 Å². The minimum atomic E-state index is -0.194. The summed E-state index contributed by atoms with van der Waals surface area (Å²) in [4.78, 5) is 18.7. The van der Waals surface area contributed by atoms with Gasteiger partial charge in [-0.2, -0.15) is 0 Å². The number of carbonyl (C=O) groups excluding carboxylic acids is 1. The fraction of sp³-hybridized carbons (Fsp3) is 0.143. The second-order valence-corrected chi connectivity index (χ2v) is 5.52. The second kappa shape index (κ2) is 4.11. The summed E-state index contributed by atoms with van der Waals surface area (Å²) in [5.41, 5.74) is 2.02. The van der Waals surface area contributed by atoms with E-state index in [9.17, 15) is 4.79 Å². The van der Waals surface area contributed by atoms with Crippen LogP contribution in [0.15, 0.2) is 36.7 Å². The van der Waals surface area contributed by atoms with E-state index in [4.69, 9.17) is 23.2 Å². The highest BCUT2D eigenvalue weighted by Crippen LogP contribution is 2.39. The van der Waals surface area contributed by atoms with Crippen molar-refractivity contribution in [2.24, 2.45) is 0 Å². The van der Waals surface area contributed by atoms with Crippen LogP contribution in [0.4, 0.5) is 0 Å². The molecule has 0 radical (unpaired) electrons. The monoisotopic (exact) mass is 305 g/mol. The molecule has 6 heteroatoms. The lowest BCUT2D eigenvalue weighted by Crippen LogP contribution is -2.30. The van der Waals surface area contributed by atoms with Crippen molar-refractivity contribution in [3.8, 4) is 5.69 Å². The molecule has 1 aromatic carbocycles. The molecule has 2 aromatic rings. The van der Waals surface area contributed by atoms with Crippen molar-refractivity contribution in [3.05, 3.63) is 58.1 Å². The predicted molar refractivity (Wildman–Crippen MR) is 76.5 cm³/mol. The maximum Gasteiger partial charge on any atom is 0.258 e. The van der Waals surface area contributed by atoms with Crippen LogP contribution in [0.3, 0.4) is 0 Å². The maximum atomic E-state index is 12.7. The second-order valence-electron chi connectivity index (χ2n) is 4.76. The molecule has 4 nitrogen and oxygen atoms in total. The maximum absolute atomic E-state index is 12.7. The molecule has 0 spiro atoms. The summed E-state index contributed by atoms with van der Waals surface area (Å²) >= 11 is 12.5. The summed E-state index contributed by atoms with van der Waals surface area (Å²) in [7, 11) is 0. The van der Waals surface area contributed by atoms with Crippen LogP contribution in [-0.2, 0) is 0 Å². The number of carbonyl (C=O) groups is 1. The number of nitrogens with zero attached hydrogens (tertiary/aromatic N) is 3. The van der Waals surface area contributed by atoms with Crippen molar-refractivity contribution >= 4 is 29.1 Å². The van der Waals surface area contributed by atoms with Crippen LogP contribution >= 0.6 is 23.2 Å². The third-order valence-electron chi connectivity index (χ3n) is 3.72. The number of amides is 1. The van der Waals surface area contributed by atoms with Gasteiger partial charge in [0.1, 0.15) is 6.33 Å². The Bertz CT molecular complexity index is 766. The van der Waals surface area contributed by atoms with Gasteiger partial charge in [0.05, 0.1) is 28.0 Å². The fourth-order valence-corrected chi connectivity index (χ4v) is 3.33. The highest BCUT2D eigenvalue weighted by Gasteiger charge is 2.37. The predicted octanol–water partition coefficient (Wildman–Crippen LogP) is 3.25. The molecule has 0 unspecified atom stereocenters. The Morgan fingerprint density at radius 3 is 3.00 bits per heavy atom. The zero-order valence-corrected chi connectivity index (χ0v) is 11.8. The van der Waals surface area contributed by atoms with E-state index in [-0.39, 0.29) is 11.9 Å². The van der Waals surface area contributed by atoms with E-state index < -0.39 is 0 Å². The number of fused-ring (bicyclic) bond motifs is 5. The molecule has 1 aromatic heterocycles. The number of benzene rings is 1. The van der Waals surface area contributed by atoms with Gasteiger partial charge in [-0.1, -0.05) is 41.4 Å². The number of imidazole rings is 1. The first-order valence-corrected chi connectivity index (χ1v) is 6.93. The summed E-state index contributed by atoms with van der Waals surface area (Å²) < 4.78 is 1.85. The van der Waals surface area contributed by atoms with Crippen LogP contribution in [0.5, 0.6) is 0 Å². The van der Waals surface area contributed by atoms with Gasteiger partial charge in [0, 0.05) is 6.54 Å². The molecule has 0 N–H and O–H groups in total. The molecule has 1 amide bonds. The molecule has 3 heterocycles. The first-order valence-electron chi connectivity index (χ1n) is 6.17. The smallest absolute Gasteiger partial charge is 0.258 e. The van der Waals surface area contributed by atoms with Gasteiger partial charge in [0.2, 0.25) is 0 Å². The molecule has 0 fully saturated rings.